The van der Waals surface area contributed by atoms with Crippen molar-refractivity contribution >= 4 is 35.4 Å². The zero-order chi connectivity index (χ0) is 25.1. The minimum atomic E-state index is -0.886. The monoisotopic (exact) mass is 484 g/mol. The first-order valence-electron chi connectivity index (χ1n) is 10.9. The molecule has 1 unspecified atom stereocenters. The van der Waals surface area contributed by atoms with Crippen molar-refractivity contribution in [2.75, 3.05) is 49.7 Å². The van der Waals surface area contributed by atoms with Gasteiger partial charge in [-0.05, 0) is 42.0 Å². The molecule has 0 radical (unpaired) electrons. The van der Waals surface area contributed by atoms with Crippen LogP contribution < -0.4 is 15.5 Å². The molecule has 2 aromatic rings. The lowest BCUT2D eigenvalue weighted by molar-refractivity contribution is -0.131. The molecule has 2 aliphatic rings. The molecule has 3 N–H and O–H groups in total. The summed E-state index contributed by atoms with van der Waals surface area (Å²) in [5.74, 6) is -1.98. The zero-order valence-electron chi connectivity index (χ0n) is 19.0. The first-order chi connectivity index (χ1) is 16.7. The molecular formula is C24H25FN4O6. The molecule has 2 saturated heterocycles. The molecule has 35 heavy (non-hydrogen) atoms. The molecule has 0 spiro atoms. The Balaban J connectivity index is 1.42. The minimum absolute atomic E-state index is 0.0241. The number of halogens is 1. The average molecular weight is 484 g/mol. The Morgan fingerprint density at radius 1 is 1.20 bits per heavy atom. The molecule has 2 heterocycles. The number of morpholine rings is 1. The quantitative estimate of drug-likeness (QED) is 0.600. The molecular weight excluding hydrogens is 459 g/mol. The number of anilines is 2. The number of carbonyl (C=O) groups is 3. The third-order valence-corrected chi connectivity index (χ3v) is 5.87. The number of likely N-dealkylation sites (N-methyl/N-ethyl adjacent to an activating group) is 1. The van der Waals surface area contributed by atoms with E-state index in [1.54, 1.807) is 12.1 Å². The summed E-state index contributed by atoms with van der Waals surface area (Å²) in [5.41, 5.74) is 6.38. The Hall–Kier alpha value is -4.12. The van der Waals surface area contributed by atoms with Gasteiger partial charge in [0, 0.05) is 26.2 Å². The van der Waals surface area contributed by atoms with Crippen molar-refractivity contribution in [1.29, 1.82) is 0 Å². The number of amides is 3. The van der Waals surface area contributed by atoms with Crippen molar-refractivity contribution in [1.82, 2.24) is 4.90 Å². The van der Waals surface area contributed by atoms with Crippen LogP contribution in [-0.4, -0.2) is 74.0 Å². The number of hydrogen-bond acceptors (Lipinski definition) is 7. The van der Waals surface area contributed by atoms with E-state index in [4.69, 9.17) is 15.2 Å². The summed E-state index contributed by atoms with van der Waals surface area (Å²) in [6, 6.07) is 8.70. The number of hydrogen-bond donors (Lipinski definition) is 2. The number of rotatable bonds is 6. The Kier molecular flexibility index (Phi) is 6.87. The normalized spacial score (nSPS) is 18.1. The highest BCUT2D eigenvalue weighted by Crippen LogP contribution is 2.29. The highest BCUT2D eigenvalue weighted by molar-refractivity contribution is 5.97. The van der Waals surface area contributed by atoms with Crippen molar-refractivity contribution in [2.45, 2.75) is 6.23 Å². The topological polar surface area (TPSA) is 126 Å². The van der Waals surface area contributed by atoms with E-state index in [0.29, 0.717) is 43.2 Å². The first-order valence-corrected chi connectivity index (χ1v) is 10.9. The number of carbonyl (C=O) groups excluding carboxylic acids is 3. The Morgan fingerprint density at radius 3 is 2.63 bits per heavy atom. The fourth-order valence-electron chi connectivity index (χ4n) is 3.87. The largest absolute Gasteiger partial charge is 0.507 e. The summed E-state index contributed by atoms with van der Waals surface area (Å²) >= 11 is 0. The van der Waals surface area contributed by atoms with E-state index in [1.807, 2.05) is 4.90 Å². The van der Waals surface area contributed by atoms with E-state index in [0.717, 1.165) is 0 Å². The van der Waals surface area contributed by atoms with Crippen LogP contribution in [0.4, 0.5) is 20.6 Å². The second-order valence-electron chi connectivity index (χ2n) is 8.11. The van der Waals surface area contributed by atoms with E-state index in [9.17, 15) is 23.9 Å². The third-order valence-electron chi connectivity index (χ3n) is 5.87. The first kappa shape index (κ1) is 24.0. The van der Waals surface area contributed by atoms with Crippen molar-refractivity contribution in [3.63, 3.8) is 0 Å². The van der Waals surface area contributed by atoms with Crippen molar-refractivity contribution in [2.24, 2.45) is 5.73 Å². The Morgan fingerprint density at radius 2 is 1.94 bits per heavy atom. The number of aromatic hydroxyl groups is 1. The molecule has 0 bridgehead atoms. The number of benzene rings is 2. The molecule has 2 aliphatic heterocycles. The molecule has 11 heteroatoms. The van der Waals surface area contributed by atoms with Gasteiger partial charge >= 0.3 is 6.09 Å². The van der Waals surface area contributed by atoms with Gasteiger partial charge < -0.3 is 30.1 Å². The maximum atomic E-state index is 14.8. The van der Waals surface area contributed by atoms with Crippen LogP contribution in [0.15, 0.2) is 42.5 Å². The van der Waals surface area contributed by atoms with Crippen molar-refractivity contribution < 1.29 is 33.4 Å². The SMILES string of the molecule is CN(C(=O)/C=C/c1ccc(O)c(C(N)=O)c1)C1CN(c2ccc(N3CCOCC3)c(F)c2)C(=O)O1. The van der Waals surface area contributed by atoms with Gasteiger partial charge in [-0.2, -0.15) is 0 Å². The molecule has 2 fully saturated rings. The van der Waals surface area contributed by atoms with E-state index >= 15 is 0 Å². The van der Waals surface area contributed by atoms with Crippen LogP contribution in [0, 0.1) is 5.82 Å². The number of primary amides is 1. The van der Waals surface area contributed by atoms with E-state index in [2.05, 4.69) is 0 Å². The fourth-order valence-corrected chi connectivity index (χ4v) is 3.87. The molecule has 10 nitrogen and oxygen atoms in total. The van der Waals surface area contributed by atoms with Gasteiger partial charge in [-0.15, -0.1) is 0 Å². The fraction of sp³-hybridized carbons (Fsp3) is 0.292. The lowest BCUT2D eigenvalue weighted by Crippen LogP contribution is -2.39. The summed E-state index contributed by atoms with van der Waals surface area (Å²) in [6.07, 6.45) is 1.10. The van der Waals surface area contributed by atoms with Gasteiger partial charge in [0.05, 0.1) is 36.7 Å². The summed E-state index contributed by atoms with van der Waals surface area (Å²) in [5, 5.41) is 9.67. The summed E-state index contributed by atoms with van der Waals surface area (Å²) in [7, 11) is 1.47. The maximum Gasteiger partial charge on any atom is 0.416 e. The van der Waals surface area contributed by atoms with Crippen LogP contribution in [0.5, 0.6) is 5.75 Å². The molecule has 3 amide bonds. The number of ether oxygens (including phenoxy) is 2. The summed E-state index contributed by atoms with van der Waals surface area (Å²) in [4.78, 5) is 40.8. The number of nitrogens with two attached hydrogens (primary N) is 1. The van der Waals surface area contributed by atoms with Crippen molar-refractivity contribution in [3.05, 3.63) is 59.4 Å². The molecule has 0 aromatic heterocycles. The molecule has 2 aromatic carbocycles. The highest BCUT2D eigenvalue weighted by Gasteiger charge is 2.36. The predicted octanol–water partition coefficient (Wildman–Crippen LogP) is 1.92. The summed E-state index contributed by atoms with van der Waals surface area (Å²) in [6.45, 7) is 2.23. The number of phenols is 1. The zero-order valence-corrected chi connectivity index (χ0v) is 19.0. The molecule has 184 valence electrons. The smallest absolute Gasteiger partial charge is 0.416 e. The number of cyclic esters (lactones) is 1. The van der Waals surface area contributed by atoms with Gasteiger partial charge in [-0.25, -0.2) is 9.18 Å². The van der Waals surface area contributed by atoms with E-state index in [-0.39, 0.29) is 17.9 Å². The molecule has 4 rings (SSSR count). The van der Waals surface area contributed by atoms with Crippen LogP contribution >= 0.6 is 0 Å². The van der Waals surface area contributed by atoms with Crippen LogP contribution in [0.3, 0.4) is 0 Å². The average Bonchev–Trinajstić information content (AvgIpc) is 3.24. The van der Waals surface area contributed by atoms with Crippen LogP contribution in [0.25, 0.3) is 6.08 Å². The maximum absolute atomic E-state index is 14.8. The Labute approximate surface area is 200 Å². The predicted molar refractivity (Wildman–Crippen MR) is 125 cm³/mol. The van der Waals surface area contributed by atoms with Crippen LogP contribution in [-0.2, 0) is 14.3 Å². The van der Waals surface area contributed by atoms with Crippen LogP contribution in [0.1, 0.15) is 15.9 Å². The lowest BCUT2D eigenvalue weighted by atomic mass is 10.1. The van der Waals surface area contributed by atoms with Gasteiger partial charge in [-0.1, -0.05) is 6.07 Å². The lowest BCUT2D eigenvalue weighted by Gasteiger charge is -2.29. The van der Waals surface area contributed by atoms with Gasteiger partial charge in [0.15, 0.2) is 6.23 Å². The Bertz CT molecular complexity index is 1180. The van der Waals surface area contributed by atoms with Gasteiger partial charge in [-0.3, -0.25) is 14.5 Å². The second-order valence-corrected chi connectivity index (χ2v) is 8.11. The summed E-state index contributed by atoms with van der Waals surface area (Å²) < 4.78 is 25.4. The third kappa shape index (κ3) is 5.19. The van der Waals surface area contributed by atoms with Gasteiger partial charge in [0.25, 0.3) is 5.91 Å². The van der Waals surface area contributed by atoms with E-state index < -0.39 is 30.0 Å². The highest BCUT2D eigenvalue weighted by atomic mass is 19.1. The minimum Gasteiger partial charge on any atom is -0.507 e. The van der Waals surface area contributed by atoms with E-state index in [1.165, 1.54) is 53.3 Å². The van der Waals surface area contributed by atoms with Crippen molar-refractivity contribution in [3.8, 4) is 5.75 Å². The standard InChI is InChI=1S/C24H25FN4O6/c1-27(21(31)7-3-15-2-6-20(30)17(12-15)23(26)32)22-14-29(24(33)35-22)16-4-5-19(18(25)13-16)28-8-10-34-11-9-28/h2-7,12-13,22,30H,8-11,14H2,1H3,(H2,26,32)/b7-3+. The van der Waals surface area contributed by atoms with Crippen LogP contribution in [0.2, 0.25) is 0 Å². The molecule has 0 saturated carbocycles. The molecule has 0 aliphatic carbocycles. The van der Waals surface area contributed by atoms with Gasteiger partial charge in [0.1, 0.15) is 11.6 Å². The van der Waals surface area contributed by atoms with Gasteiger partial charge in [0.2, 0.25) is 5.91 Å². The second kappa shape index (κ2) is 10.0. The molecule has 1 atom stereocenters. The number of nitrogens with zero attached hydrogens (tertiary/aromatic N) is 3.